The Morgan fingerprint density at radius 2 is 0.953 bits per heavy atom. The molecule has 8 aromatic rings. The summed E-state index contributed by atoms with van der Waals surface area (Å²) >= 11 is 0. The van der Waals surface area contributed by atoms with Gasteiger partial charge in [0.1, 0.15) is 0 Å². The second-order valence-electron chi connectivity index (χ2n) is 9.80. The fraction of sp³-hybridized carbons (Fsp3) is 0.0732. The maximum atomic E-state index is 4.50. The molecule has 0 unspecified atom stereocenters. The van der Waals surface area contributed by atoms with Crippen molar-refractivity contribution >= 4 is 43.4 Å². The molecule has 0 radical (unpaired) electrons. The SMILES string of the molecule is CC.CN.c1ccc(-c2ccc3c4c5ccccc5ccc4n(-c4ccc5ccccc5c4)c3c2)cc1.c1ccccc1. The maximum absolute atomic E-state index is 4.50. The van der Waals surface area contributed by atoms with Crippen LogP contribution in [0.1, 0.15) is 13.8 Å². The third-order valence-corrected chi connectivity index (χ3v) is 7.42. The van der Waals surface area contributed by atoms with Crippen LogP contribution in [0, 0.1) is 0 Å². The Hall–Kier alpha value is -5.18. The molecule has 0 bridgehead atoms. The molecule has 8 rings (SSSR count). The van der Waals surface area contributed by atoms with E-state index in [9.17, 15) is 0 Å². The molecule has 2 N–H and O–H groups in total. The molecule has 0 aliphatic heterocycles. The molecule has 0 aliphatic rings. The average Bonchev–Trinajstić information content (AvgIpc) is 3.45. The van der Waals surface area contributed by atoms with E-state index >= 15 is 0 Å². The van der Waals surface area contributed by atoms with E-state index < -0.39 is 0 Å². The normalized spacial score (nSPS) is 10.3. The highest BCUT2D eigenvalue weighted by Crippen LogP contribution is 2.39. The molecule has 2 heteroatoms. The summed E-state index contributed by atoms with van der Waals surface area (Å²) < 4.78 is 2.43. The Morgan fingerprint density at radius 1 is 0.395 bits per heavy atom. The molecule has 0 aliphatic carbocycles. The predicted molar refractivity (Wildman–Crippen MR) is 189 cm³/mol. The molecule has 0 fully saturated rings. The summed E-state index contributed by atoms with van der Waals surface area (Å²) in [6.07, 6.45) is 0. The number of hydrogen-bond acceptors (Lipinski definition) is 1. The van der Waals surface area contributed by atoms with E-state index in [0.717, 1.165) is 0 Å². The van der Waals surface area contributed by atoms with Gasteiger partial charge in [-0.15, -0.1) is 0 Å². The Morgan fingerprint density at radius 3 is 1.65 bits per heavy atom. The summed E-state index contributed by atoms with van der Waals surface area (Å²) in [4.78, 5) is 0. The Kier molecular flexibility index (Phi) is 9.63. The first-order valence-corrected chi connectivity index (χ1v) is 15.0. The van der Waals surface area contributed by atoms with E-state index in [1.54, 1.807) is 0 Å². The first kappa shape index (κ1) is 29.3. The van der Waals surface area contributed by atoms with Crippen LogP contribution in [-0.4, -0.2) is 11.6 Å². The minimum Gasteiger partial charge on any atom is -0.333 e. The molecule has 43 heavy (non-hydrogen) atoms. The molecule has 0 saturated heterocycles. The molecule has 1 aromatic heterocycles. The van der Waals surface area contributed by atoms with E-state index in [2.05, 4.69) is 138 Å². The molecule has 7 aromatic carbocycles. The van der Waals surface area contributed by atoms with Crippen LogP contribution in [0.3, 0.4) is 0 Å². The van der Waals surface area contributed by atoms with Gasteiger partial charge in [-0.2, -0.15) is 0 Å². The first-order valence-electron chi connectivity index (χ1n) is 15.0. The van der Waals surface area contributed by atoms with Gasteiger partial charge in [0.15, 0.2) is 0 Å². The van der Waals surface area contributed by atoms with Crippen LogP contribution in [0.4, 0.5) is 0 Å². The lowest BCUT2D eigenvalue weighted by atomic mass is 10.0. The predicted octanol–water partition coefficient (Wildman–Crippen LogP) is 11.0. The summed E-state index contributed by atoms with van der Waals surface area (Å²) in [5.74, 6) is 0. The van der Waals surface area contributed by atoms with Crippen LogP contribution < -0.4 is 5.73 Å². The third-order valence-electron chi connectivity index (χ3n) is 7.42. The van der Waals surface area contributed by atoms with Crippen LogP contribution >= 0.6 is 0 Å². The van der Waals surface area contributed by atoms with E-state index in [4.69, 9.17) is 0 Å². The number of rotatable bonds is 2. The fourth-order valence-electron chi connectivity index (χ4n) is 5.58. The second-order valence-corrected chi connectivity index (χ2v) is 9.80. The average molecular weight is 559 g/mol. The molecule has 2 nitrogen and oxygen atoms in total. The summed E-state index contributed by atoms with van der Waals surface area (Å²) in [6, 6.07) is 58.1. The highest BCUT2D eigenvalue weighted by molar-refractivity contribution is 6.21. The van der Waals surface area contributed by atoms with E-state index in [-0.39, 0.29) is 0 Å². The van der Waals surface area contributed by atoms with Crippen molar-refractivity contribution < 1.29 is 0 Å². The molecular weight excluding hydrogens is 520 g/mol. The van der Waals surface area contributed by atoms with Crippen LogP contribution in [0.25, 0.3) is 60.2 Å². The number of nitrogens with two attached hydrogens (primary N) is 1. The minimum absolute atomic E-state index is 1.19. The lowest BCUT2D eigenvalue weighted by molar-refractivity contribution is 1.19. The Labute approximate surface area is 254 Å². The molecule has 0 amide bonds. The Balaban J connectivity index is 0.000000322. The quantitative estimate of drug-likeness (QED) is 0.225. The van der Waals surface area contributed by atoms with E-state index in [0.29, 0.717) is 0 Å². The Bertz CT molecular complexity index is 2030. The van der Waals surface area contributed by atoms with Gasteiger partial charge < -0.3 is 10.3 Å². The van der Waals surface area contributed by atoms with Crippen molar-refractivity contribution in [3.05, 3.63) is 164 Å². The van der Waals surface area contributed by atoms with Gasteiger partial charge in [0.05, 0.1) is 11.0 Å². The molecule has 212 valence electrons. The highest BCUT2D eigenvalue weighted by Gasteiger charge is 2.16. The minimum atomic E-state index is 1.19. The van der Waals surface area contributed by atoms with Gasteiger partial charge in [-0.3, -0.25) is 0 Å². The number of hydrogen-bond donors (Lipinski definition) is 1. The van der Waals surface area contributed by atoms with Gasteiger partial charge in [0.25, 0.3) is 0 Å². The fourth-order valence-corrected chi connectivity index (χ4v) is 5.58. The summed E-state index contributed by atoms with van der Waals surface area (Å²) in [6.45, 7) is 4.00. The number of fused-ring (bicyclic) bond motifs is 6. The topological polar surface area (TPSA) is 30.9 Å². The van der Waals surface area contributed by atoms with Gasteiger partial charge in [0, 0.05) is 16.5 Å². The second kappa shape index (κ2) is 14.1. The number of aromatic nitrogens is 1. The van der Waals surface area contributed by atoms with Crippen molar-refractivity contribution in [1.82, 2.24) is 4.57 Å². The maximum Gasteiger partial charge on any atom is 0.0547 e. The lowest BCUT2D eigenvalue weighted by Gasteiger charge is -2.10. The highest BCUT2D eigenvalue weighted by atomic mass is 15.0. The molecule has 1 heterocycles. The van der Waals surface area contributed by atoms with Gasteiger partial charge in [-0.05, 0) is 64.0 Å². The van der Waals surface area contributed by atoms with Gasteiger partial charge in [-0.25, -0.2) is 0 Å². The number of benzene rings is 7. The standard InChI is InChI=1S/C32H21N.C6H6.C2H6.CH5N/c1-2-8-22(9-3-1)26-15-18-29-31(21-26)33(27-17-14-23-10-4-5-12-25(23)20-27)30-19-16-24-11-6-7-13-28(24)32(29)30;1-2-4-6-5-3-1;2*1-2/h1-21H;1-6H;1-2H3;2H2,1H3. The monoisotopic (exact) mass is 558 g/mol. The zero-order valence-electron chi connectivity index (χ0n) is 25.1. The molecule has 0 saturated carbocycles. The summed E-state index contributed by atoms with van der Waals surface area (Å²) in [5, 5.41) is 7.69. The van der Waals surface area contributed by atoms with Crippen molar-refractivity contribution in [1.29, 1.82) is 0 Å². The first-order chi connectivity index (χ1) is 21.4. The van der Waals surface area contributed by atoms with Gasteiger partial charge in [0.2, 0.25) is 0 Å². The van der Waals surface area contributed by atoms with Crippen molar-refractivity contribution in [2.75, 3.05) is 7.05 Å². The van der Waals surface area contributed by atoms with Gasteiger partial charge in [-0.1, -0.05) is 153 Å². The van der Waals surface area contributed by atoms with E-state index in [1.165, 1.54) is 67.2 Å². The third kappa shape index (κ3) is 6.06. The van der Waals surface area contributed by atoms with Crippen molar-refractivity contribution in [3.8, 4) is 16.8 Å². The summed E-state index contributed by atoms with van der Waals surface area (Å²) in [7, 11) is 1.50. The zero-order valence-corrected chi connectivity index (χ0v) is 25.1. The molecule has 0 spiro atoms. The van der Waals surface area contributed by atoms with Crippen LogP contribution in [0.5, 0.6) is 0 Å². The van der Waals surface area contributed by atoms with Crippen LogP contribution in [0.15, 0.2) is 164 Å². The van der Waals surface area contributed by atoms with Crippen LogP contribution in [0.2, 0.25) is 0 Å². The smallest absolute Gasteiger partial charge is 0.0547 e. The molecule has 0 atom stereocenters. The van der Waals surface area contributed by atoms with Crippen molar-refractivity contribution in [2.24, 2.45) is 5.73 Å². The van der Waals surface area contributed by atoms with E-state index in [1.807, 2.05) is 50.2 Å². The van der Waals surface area contributed by atoms with Crippen molar-refractivity contribution in [3.63, 3.8) is 0 Å². The largest absolute Gasteiger partial charge is 0.333 e. The summed E-state index contributed by atoms with van der Waals surface area (Å²) in [5.41, 5.74) is 10.6. The van der Waals surface area contributed by atoms with Crippen LogP contribution in [-0.2, 0) is 0 Å². The van der Waals surface area contributed by atoms with Crippen molar-refractivity contribution in [2.45, 2.75) is 13.8 Å². The van der Waals surface area contributed by atoms with Gasteiger partial charge >= 0.3 is 0 Å². The lowest BCUT2D eigenvalue weighted by Crippen LogP contribution is -1.94. The zero-order chi connectivity index (χ0) is 30.0. The number of nitrogens with zero attached hydrogens (tertiary/aromatic N) is 1. The molecular formula is C41H38N2.